The third kappa shape index (κ3) is 2.82. The highest BCUT2D eigenvalue weighted by Crippen LogP contribution is 2.16. The fourth-order valence-corrected chi connectivity index (χ4v) is 3.37. The topological polar surface area (TPSA) is 42.7 Å². The van der Waals surface area contributed by atoms with Gasteiger partial charge in [0, 0.05) is 36.2 Å². The van der Waals surface area contributed by atoms with E-state index in [1.54, 1.807) is 0 Å². The maximum Gasteiger partial charge on any atom is 0.139 e. The third-order valence-electron chi connectivity index (χ3n) is 3.33. The Morgan fingerprint density at radius 1 is 1.32 bits per heavy atom. The van der Waals surface area contributed by atoms with Crippen molar-refractivity contribution in [1.82, 2.24) is 20.1 Å². The molecule has 100 valence electrons. The molecule has 1 aliphatic heterocycles. The Labute approximate surface area is 117 Å². The smallest absolute Gasteiger partial charge is 0.139 e. The number of hydrogen-bond acceptors (Lipinski definition) is 4. The molecule has 1 fully saturated rings. The van der Waals surface area contributed by atoms with Crippen molar-refractivity contribution in [3.05, 3.63) is 42.0 Å². The lowest BCUT2D eigenvalue weighted by molar-refractivity contribution is 0.546. The van der Waals surface area contributed by atoms with Gasteiger partial charge in [-0.15, -0.1) is 10.2 Å². The summed E-state index contributed by atoms with van der Waals surface area (Å²) < 4.78 is 2.15. The van der Waals surface area contributed by atoms with E-state index in [9.17, 15) is 0 Å². The molecule has 1 saturated heterocycles. The van der Waals surface area contributed by atoms with E-state index in [0.29, 0.717) is 6.04 Å². The molecule has 3 rings (SSSR count). The van der Waals surface area contributed by atoms with Gasteiger partial charge in [-0.1, -0.05) is 18.2 Å². The van der Waals surface area contributed by atoms with Crippen molar-refractivity contribution in [2.75, 3.05) is 18.1 Å². The quantitative estimate of drug-likeness (QED) is 0.927. The number of benzene rings is 1. The van der Waals surface area contributed by atoms with Crippen LogP contribution in [0.4, 0.5) is 0 Å². The Hall–Kier alpha value is -1.33. The Morgan fingerprint density at radius 3 is 2.89 bits per heavy atom. The summed E-state index contributed by atoms with van der Waals surface area (Å²) in [6.45, 7) is 3.10. The van der Waals surface area contributed by atoms with Gasteiger partial charge >= 0.3 is 0 Å². The SMILES string of the molecule is Cc1nnc(CC2CSCCN2)n1-c1ccccc1. The van der Waals surface area contributed by atoms with Crippen LogP contribution < -0.4 is 5.32 Å². The highest BCUT2D eigenvalue weighted by molar-refractivity contribution is 7.99. The van der Waals surface area contributed by atoms with Gasteiger partial charge in [0.1, 0.15) is 11.6 Å². The molecule has 1 atom stereocenters. The average Bonchev–Trinajstić information content (AvgIpc) is 2.82. The first-order valence-electron chi connectivity index (χ1n) is 6.62. The van der Waals surface area contributed by atoms with E-state index in [1.165, 1.54) is 5.75 Å². The van der Waals surface area contributed by atoms with Gasteiger partial charge in [0.25, 0.3) is 0 Å². The Balaban J connectivity index is 1.86. The van der Waals surface area contributed by atoms with E-state index in [2.05, 4.69) is 32.2 Å². The lowest BCUT2D eigenvalue weighted by atomic mass is 10.2. The molecule has 2 heterocycles. The number of aromatic nitrogens is 3. The number of aryl methyl sites for hydroxylation is 1. The molecule has 1 N–H and O–H groups in total. The number of hydrogen-bond donors (Lipinski definition) is 1. The molecule has 0 aliphatic carbocycles. The number of para-hydroxylation sites is 1. The first-order valence-corrected chi connectivity index (χ1v) is 7.77. The van der Waals surface area contributed by atoms with Crippen molar-refractivity contribution < 1.29 is 0 Å². The number of thioether (sulfide) groups is 1. The Morgan fingerprint density at radius 2 is 2.16 bits per heavy atom. The van der Waals surface area contributed by atoms with Gasteiger partial charge in [-0.25, -0.2) is 0 Å². The van der Waals surface area contributed by atoms with E-state index < -0.39 is 0 Å². The molecular weight excluding hydrogens is 256 g/mol. The van der Waals surface area contributed by atoms with Crippen LogP contribution in [0.15, 0.2) is 30.3 Å². The van der Waals surface area contributed by atoms with Crippen LogP contribution in [0, 0.1) is 6.92 Å². The molecule has 0 spiro atoms. The lowest BCUT2D eigenvalue weighted by Gasteiger charge is -2.22. The van der Waals surface area contributed by atoms with E-state index in [1.807, 2.05) is 36.9 Å². The van der Waals surface area contributed by atoms with Gasteiger partial charge in [0.15, 0.2) is 0 Å². The monoisotopic (exact) mass is 274 g/mol. The normalized spacial score (nSPS) is 19.5. The zero-order chi connectivity index (χ0) is 13.1. The Kier molecular flexibility index (Phi) is 3.84. The summed E-state index contributed by atoms with van der Waals surface area (Å²) in [4.78, 5) is 0. The van der Waals surface area contributed by atoms with Crippen molar-refractivity contribution in [1.29, 1.82) is 0 Å². The minimum Gasteiger partial charge on any atom is -0.312 e. The summed E-state index contributed by atoms with van der Waals surface area (Å²) >= 11 is 2.01. The molecule has 0 saturated carbocycles. The van der Waals surface area contributed by atoms with Crippen LogP contribution in [0.2, 0.25) is 0 Å². The molecule has 1 aliphatic rings. The second-order valence-electron chi connectivity index (χ2n) is 4.76. The summed E-state index contributed by atoms with van der Waals surface area (Å²) in [5.41, 5.74) is 1.14. The lowest BCUT2D eigenvalue weighted by Crippen LogP contribution is -2.39. The average molecular weight is 274 g/mol. The van der Waals surface area contributed by atoms with E-state index in [-0.39, 0.29) is 0 Å². The van der Waals surface area contributed by atoms with Gasteiger partial charge in [0.2, 0.25) is 0 Å². The van der Waals surface area contributed by atoms with Crippen LogP contribution in [-0.4, -0.2) is 38.9 Å². The van der Waals surface area contributed by atoms with E-state index >= 15 is 0 Å². The number of nitrogens with one attached hydrogen (secondary N) is 1. The van der Waals surface area contributed by atoms with E-state index in [4.69, 9.17) is 0 Å². The van der Waals surface area contributed by atoms with Gasteiger partial charge < -0.3 is 5.32 Å². The molecule has 1 aromatic carbocycles. The third-order valence-corrected chi connectivity index (χ3v) is 4.46. The molecule has 5 heteroatoms. The molecule has 1 aromatic heterocycles. The highest BCUT2D eigenvalue weighted by atomic mass is 32.2. The molecule has 0 radical (unpaired) electrons. The second kappa shape index (κ2) is 5.75. The number of rotatable bonds is 3. The van der Waals surface area contributed by atoms with Crippen LogP contribution in [0.25, 0.3) is 5.69 Å². The van der Waals surface area contributed by atoms with Gasteiger partial charge in [-0.3, -0.25) is 4.57 Å². The number of nitrogens with zero attached hydrogens (tertiary/aromatic N) is 3. The molecular formula is C14H18N4S. The first-order chi connectivity index (χ1) is 9.34. The van der Waals surface area contributed by atoms with Crippen LogP contribution in [-0.2, 0) is 6.42 Å². The zero-order valence-electron chi connectivity index (χ0n) is 11.0. The van der Waals surface area contributed by atoms with Crippen molar-refractivity contribution in [2.24, 2.45) is 0 Å². The van der Waals surface area contributed by atoms with E-state index in [0.717, 1.165) is 36.1 Å². The second-order valence-corrected chi connectivity index (χ2v) is 5.91. The van der Waals surface area contributed by atoms with Crippen molar-refractivity contribution >= 4 is 11.8 Å². The predicted molar refractivity (Wildman–Crippen MR) is 78.9 cm³/mol. The van der Waals surface area contributed by atoms with Crippen LogP contribution in [0.3, 0.4) is 0 Å². The molecule has 0 bridgehead atoms. The summed E-state index contributed by atoms with van der Waals surface area (Å²) in [7, 11) is 0. The summed E-state index contributed by atoms with van der Waals surface area (Å²) in [6.07, 6.45) is 0.933. The van der Waals surface area contributed by atoms with Crippen molar-refractivity contribution in [3.63, 3.8) is 0 Å². The zero-order valence-corrected chi connectivity index (χ0v) is 11.9. The molecule has 1 unspecified atom stereocenters. The largest absolute Gasteiger partial charge is 0.312 e. The fraction of sp³-hybridized carbons (Fsp3) is 0.429. The Bertz CT molecular complexity index is 532. The fourth-order valence-electron chi connectivity index (χ4n) is 2.42. The summed E-state index contributed by atoms with van der Waals surface area (Å²) in [5, 5.41) is 12.1. The van der Waals surface area contributed by atoms with Crippen molar-refractivity contribution in [2.45, 2.75) is 19.4 Å². The minimum absolute atomic E-state index is 0.504. The van der Waals surface area contributed by atoms with Gasteiger partial charge in [-0.05, 0) is 19.1 Å². The molecule has 4 nitrogen and oxygen atoms in total. The van der Waals surface area contributed by atoms with Crippen LogP contribution in [0.5, 0.6) is 0 Å². The minimum atomic E-state index is 0.504. The standard InChI is InChI=1S/C14H18N4S/c1-11-16-17-14(9-12-10-19-8-7-15-12)18(11)13-5-3-2-4-6-13/h2-6,12,15H,7-10H2,1H3. The van der Waals surface area contributed by atoms with Crippen LogP contribution >= 0.6 is 11.8 Å². The van der Waals surface area contributed by atoms with Crippen molar-refractivity contribution in [3.8, 4) is 5.69 Å². The van der Waals surface area contributed by atoms with Gasteiger partial charge in [-0.2, -0.15) is 11.8 Å². The van der Waals surface area contributed by atoms with Crippen LogP contribution in [0.1, 0.15) is 11.6 Å². The maximum atomic E-state index is 4.35. The van der Waals surface area contributed by atoms with Gasteiger partial charge in [0.05, 0.1) is 0 Å². The molecule has 0 amide bonds. The molecule has 2 aromatic rings. The summed E-state index contributed by atoms with van der Waals surface area (Å²) in [5.74, 6) is 4.36. The molecule has 19 heavy (non-hydrogen) atoms. The highest BCUT2D eigenvalue weighted by Gasteiger charge is 2.18. The first kappa shape index (κ1) is 12.7. The predicted octanol–water partition coefficient (Wildman–Crippen LogP) is 1.82. The maximum absolute atomic E-state index is 4.35. The summed E-state index contributed by atoms with van der Waals surface area (Å²) in [6, 6.07) is 10.8.